The highest BCUT2D eigenvalue weighted by Gasteiger charge is 2.34. The van der Waals surface area contributed by atoms with Crippen molar-refractivity contribution in [2.24, 2.45) is 16.8 Å². The molecule has 2 aliphatic rings. The van der Waals surface area contributed by atoms with Crippen LogP contribution in [0, 0.1) is 18.8 Å². The Morgan fingerprint density at radius 3 is 2.75 bits per heavy atom. The van der Waals surface area contributed by atoms with Gasteiger partial charge >= 0.3 is 0 Å². The molecule has 1 saturated heterocycles. The zero-order valence-electron chi connectivity index (χ0n) is 19.5. The number of carbonyl (C=O) groups is 1. The Morgan fingerprint density at radius 2 is 2.16 bits per heavy atom. The van der Waals surface area contributed by atoms with Crippen molar-refractivity contribution < 1.29 is 9.18 Å². The number of pyridine rings is 1. The molecule has 4 atom stereocenters. The number of hydrogen-bond acceptors (Lipinski definition) is 5. The van der Waals surface area contributed by atoms with E-state index in [1.165, 1.54) is 26.0 Å². The van der Waals surface area contributed by atoms with Gasteiger partial charge in [-0.2, -0.15) is 0 Å². The first-order valence-corrected chi connectivity index (χ1v) is 11.9. The molecule has 1 amide bonds. The van der Waals surface area contributed by atoms with Crippen LogP contribution >= 0.6 is 9.24 Å². The minimum Gasteiger partial charge on any atom is -0.354 e. The Labute approximate surface area is 193 Å². The van der Waals surface area contributed by atoms with E-state index in [9.17, 15) is 9.18 Å². The predicted octanol–water partition coefficient (Wildman–Crippen LogP) is 3.84. The zero-order valence-corrected chi connectivity index (χ0v) is 20.6. The van der Waals surface area contributed by atoms with Crippen molar-refractivity contribution in [3.63, 3.8) is 0 Å². The lowest BCUT2D eigenvalue weighted by Gasteiger charge is -2.35. The molecule has 2 N–H and O–H groups in total. The molecular formula is C24H35FN5OP. The molecule has 1 saturated carbocycles. The Morgan fingerprint density at radius 1 is 1.44 bits per heavy atom. The Bertz CT molecular complexity index is 925. The van der Waals surface area contributed by atoms with Gasteiger partial charge in [0.2, 0.25) is 5.91 Å². The van der Waals surface area contributed by atoms with Crippen LogP contribution in [0.4, 0.5) is 10.2 Å². The van der Waals surface area contributed by atoms with Gasteiger partial charge < -0.3 is 15.5 Å². The van der Waals surface area contributed by atoms with Crippen molar-refractivity contribution in [2.45, 2.75) is 52.5 Å². The van der Waals surface area contributed by atoms with Crippen LogP contribution < -0.4 is 15.5 Å². The van der Waals surface area contributed by atoms with Gasteiger partial charge in [-0.05, 0) is 55.9 Å². The third-order valence-electron chi connectivity index (χ3n) is 6.17. The fourth-order valence-corrected chi connectivity index (χ4v) is 4.46. The number of nitrogens with one attached hydrogen (secondary N) is 2. The van der Waals surface area contributed by atoms with Crippen molar-refractivity contribution >= 4 is 32.4 Å². The summed E-state index contributed by atoms with van der Waals surface area (Å²) in [5, 5.41) is 6.38. The van der Waals surface area contributed by atoms with E-state index in [0.717, 1.165) is 48.2 Å². The highest BCUT2D eigenvalue weighted by Crippen LogP contribution is 2.35. The Balaban J connectivity index is 2.04. The third-order valence-corrected chi connectivity index (χ3v) is 6.75. The number of hydrogen-bond donors (Lipinski definition) is 2. The summed E-state index contributed by atoms with van der Waals surface area (Å²) in [6.07, 6.45) is 3.96. The summed E-state index contributed by atoms with van der Waals surface area (Å²) in [4.78, 5) is 23.4. The molecule has 1 aromatic heterocycles. The van der Waals surface area contributed by atoms with Gasteiger partial charge in [-0.3, -0.25) is 4.79 Å². The summed E-state index contributed by atoms with van der Waals surface area (Å²) in [7, 11) is 2.20. The number of alkyl halides is 1. The second-order valence-electron chi connectivity index (χ2n) is 8.85. The molecule has 2 heterocycles. The molecule has 1 aliphatic carbocycles. The molecule has 174 valence electrons. The van der Waals surface area contributed by atoms with E-state index < -0.39 is 11.8 Å². The van der Waals surface area contributed by atoms with Crippen LogP contribution in [0.5, 0.6) is 0 Å². The maximum Gasteiger partial charge on any atom is 0.222 e. The standard InChI is InChI=1S/C24H35FN5OP/c1-6-26-24(28-17(5)31)22(16(4)23(25)32)15(3)19-11-14(2)12-21(29-19)30-10-9-27-20(13-30)18-7-8-18/h6,11-12,16,18,20,23,27H,1,7-10,13,32H2,2-5H3,(H,26,28,31)/b22-15+/t16?,20-,23?/m1/s1. The van der Waals surface area contributed by atoms with Crippen LogP contribution in [0.15, 0.2) is 35.5 Å². The summed E-state index contributed by atoms with van der Waals surface area (Å²) in [6, 6.07) is 4.62. The van der Waals surface area contributed by atoms with Crippen LogP contribution in [0.2, 0.25) is 0 Å². The first-order valence-electron chi connectivity index (χ1n) is 11.3. The van der Waals surface area contributed by atoms with Gasteiger partial charge in [0.15, 0.2) is 0 Å². The van der Waals surface area contributed by atoms with Gasteiger partial charge in [-0.1, -0.05) is 13.5 Å². The molecule has 3 rings (SSSR count). The highest BCUT2D eigenvalue weighted by atomic mass is 31.0. The number of nitrogens with zero attached hydrogens (tertiary/aromatic N) is 3. The summed E-state index contributed by atoms with van der Waals surface area (Å²) in [5.41, 5.74) is 3.25. The molecule has 3 unspecified atom stereocenters. The normalized spacial score (nSPS) is 22.1. The molecule has 32 heavy (non-hydrogen) atoms. The van der Waals surface area contributed by atoms with E-state index >= 15 is 0 Å². The van der Waals surface area contributed by atoms with Crippen molar-refractivity contribution in [3.8, 4) is 0 Å². The zero-order chi connectivity index (χ0) is 23.4. The summed E-state index contributed by atoms with van der Waals surface area (Å²) >= 11 is 0. The molecule has 0 radical (unpaired) electrons. The lowest BCUT2D eigenvalue weighted by molar-refractivity contribution is -0.117. The maximum atomic E-state index is 14.4. The van der Waals surface area contributed by atoms with Crippen molar-refractivity contribution in [1.82, 2.24) is 15.6 Å². The van der Waals surface area contributed by atoms with Gasteiger partial charge in [-0.25, -0.2) is 14.4 Å². The van der Waals surface area contributed by atoms with E-state index in [4.69, 9.17) is 4.98 Å². The van der Waals surface area contributed by atoms with Crippen LogP contribution in [0.1, 0.15) is 44.9 Å². The van der Waals surface area contributed by atoms with Gasteiger partial charge in [0.05, 0.1) is 5.69 Å². The lowest BCUT2D eigenvalue weighted by Crippen LogP contribution is -2.52. The number of piperazine rings is 1. The molecule has 8 heteroatoms. The third kappa shape index (κ3) is 6.02. The number of anilines is 1. The second kappa shape index (κ2) is 10.7. The van der Waals surface area contributed by atoms with Crippen LogP contribution in [0.25, 0.3) is 5.57 Å². The minimum atomic E-state index is -1.21. The Hall–Kier alpha value is -2.11. The molecule has 0 bridgehead atoms. The number of aliphatic imine (C=N–C) groups is 1. The second-order valence-corrected chi connectivity index (χ2v) is 9.48. The quantitative estimate of drug-likeness (QED) is 0.369. The minimum absolute atomic E-state index is 0.271. The van der Waals surface area contributed by atoms with Crippen LogP contribution in [0.3, 0.4) is 0 Å². The highest BCUT2D eigenvalue weighted by molar-refractivity contribution is 7.17. The van der Waals surface area contributed by atoms with Gasteiger partial charge in [0, 0.05) is 50.3 Å². The lowest BCUT2D eigenvalue weighted by atomic mass is 9.93. The van der Waals surface area contributed by atoms with Crippen molar-refractivity contribution in [3.05, 3.63) is 41.7 Å². The maximum absolute atomic E-state index is 14.4. The van der Waals surface area contributed by atoms with E-state index in [1.807, 2.05) is 19.9 Å². The smallest absolute Gasteiger partial charge is 0.222 e. The summed E-state index contributed by atoms with van der Waals surface area (Å²) < 4.78 is 14.4. The Kier molecular flexibility index (Phi) is 8.18. The summed E-state index contributed by atoms with van der Waals surface area (Å²) in [5.74, 6) is 0.0173. The van der Waals surface area contributed by atoms with Gasteiger partial charge in [0.1, 0.15) is 17.6 Å². The fourth-order valence-electron chi connectivity index (χ4n) is 4.26. The number of aromatic nitrogens is 1. The predicted molar refractivity (Wildman–Crippen MR) is 134 cm³/mol. The van der Waals surface area contributed by atoms with E-state index in [2.05, 4.69) is 42.4 Å². The van der Waals surface area contributed by atoms with Crippen LogP contribution in [-0.4, -0.2) is 48.3 Å². The first kappa shape index (κ1) is 24.5. The number of amidine groups is 1. The van der Waals surface area contributed by atoms with E-state index in [0.29, 0.717) is 17.5 Å². The number of allylic oxidation sites excluding steroid dienone is 1. The molecule has 6 nitrogen and oxygen atoms in total. The SMILES string of the molecule is C=CN=C(NC(C)=O)/C(=C(\C)c1cc(C)cc(N2CCN[C@@H](C3CC3)C2)n1)C(C)C(F)P. The molecule has 0 aromatic carbocycles. The molecule has 1 aliphatic heterocycles. The number of halogens is 1. The largest absolute Gasteiger partial charge is 0.354 e. The average Bonchev–Trinajstić information content (AvgIpc) is 3.58. The summed E-state index contributed by atoms with van der Waals surface area (Å²) in [6.45, 7) is 13.6. The monoisotopic (exact) mass is 459 g/mol. The van der Waals surface area contributed by atoms with E-state index in [1.54, 1.807) is 6.92 Å². The molecule has 1 aromatic rings. The van der Waals surface area contributed by atoms with Crippen LogP contribution in [-0.2, 0) is 4.79 Å². The topological polar surface area (TPSA) is 69.6 Å². The molecule has 2 fully saturated rings. The van der Waals surface area contributed by atoms with Crippen molar-refractivity contribution in [2.75, 3.05) is 24.5 Å². The first-order chi connectivity index (χ1) is 15.2. The molecular weight excluding hydrogens is 424 g/mol. The fraction of sp³-hybridized carbons (Fsp3) is 0.542. The number of aryl methyl sites for hydroxylation is 1. The van der Waals surface area contributed by atoms with E-state index in [-0.39, 0.29) is 5.91 Å². The van der Waals surface area contributed by atoms with Gasteiger partial charge in [-0.15, -0.1) is 9.24 Å². The van der Waals surface area contributed by atoms with Gasteiger partial charge in [0.25, 0.3) is 0 Å². The van der Waals surface area contributed by atoms with Crippen molar-refractivity contribution in [1.29, 1.82) is 0 Å². The number of rotatable bonds is 7. The molecule has 0 spiro atoms. The number of amides is 1. The number of carbonyl (C=O) groups excluding carboxylic acids is 1. The average molecular weight is 460 g/mol.